The third-order valence-electron chi connectivity index (χ3n) is 4.41. The van der Waals surface area contributed by atoms with Gasteiger partial charge in [-0.15, -0.1) is 0 Å². The van der Waals surface area contributed by atoms with Gasteiger partial charge in [-0.2, -0.15) is 0 Å². The second kappa shape index (κ2) is 5.70. The van der Waals surface area contributed by atoms with Crippen molar-refractivity contribution in [2.45, 2.75) is 65.2 Å². The molecular formula is C16H26. The van der Waals surface area contributed by atoms with Crippen LogP contribution in [-0.2, 0) is 0 Å². The van der Waals surface area contributed by atoms with Crippen molar-refractivity contribution in [1.29, 1.82) is 0 Å². The third-order valence-corrected chi connectivity index (χ3v) is 4.41. The average molecular weight is 218 g/mol. The summed E-state index contributed by atoms with van der Waals surface area (Å²) in [4.78, 5) is 0. The number of rotatable bonds is 4. The first-order chi connectivity index (χ1) is 7.86. The quantitative estimate of drug-likeness (QED) is 0.604. The van der Waals surface area contributed by atoms with Crippen LogP contribution >= 0.6 is 0 Å². The van der Waals surface area contributed by atoms with Gasteiger partial charge < -0.3 is 0 Å². The molecule has 0 saturated heterocycles. The van der Waals surface area contributed by atoms with Gasteiger partial charge in [0.15, 0.2) is 0 Å². The molecule has 0 aromatic carbocycles. The van der Waals surface area contributed by atoms with Crippen molar-refractivity contribution in [2.24, 2.45) is 11.8 Å². The summed E-state index contributed by atoms with van der Waals surface area (Å²) in [6, 6.07) is 0. The maximum absolute atomic E-state index is 2.46. The van der Waals surface area contributed by atoms with Crippen molar-refractivity contribution >= 4 is 0 Å². The Morgan fingerprint density at radius 3 is 2.94 bits per heavy atom. The smallest absolute Gasteiger partial charge is 0.0159 e. The molecule has 0 fully saturated rings. The van der Waals surface area contributed by atoms with Crippen LogP contribution in [0.2, 0.25) is 0 Å². The first-order valence-corrected chi connectivity index (χ1v) is 7.26. The van der Waals surface area contributed by atoms with E-state index in [1.807, 2.05) is 5.57 Å². The minimum atomic E-state index is 0.880. The summed E-state index contributed by atoms with van der Waals surface area (Å²) in [6.45, 7) is 4.69. The molecule has 0 nitrogen and oxygen atoms in total. The molecule has 0 N–H and O–H groups in total. The van der Waals surface area contributed by atoms with Crippen molar-refractivity contribution in [3.63, 3.8) is 0 Å². The molecule has 2 aliphatic rings. The molecule has 0 heterocycles. The number of fused-ring (bicyclic) bond motifs is 1. The van der Waals surface area contributed by atoms with Crippen LogP contribution in [0.4, 0.5) is 0 Å². The number of hydrogen-bond donors (Lipinski definition) is 0. The van der Waals surface area contributed by atoms with Crippen LogP contribution in [0.25, 0.3) is 0 Å². The molecule has 0 amide bonds. The van der Waals surface area contributed by atoms with E-state index in [2.05, 4.69) is 26.0 Å². The fourth-order valence-electron chi connectivity index (χ4n) is 3.56. The van der Waals surface area contributed by atoms with E-state index in [9.17, 15) is 0 Å². The molecule has 2 unspecified atom stereocenters. The van der Waals surface area contributed by atoms with Gasteiger partial charge >= 0.3 is 0 Å². The second-order valence-corrected chi connectivity index (χ2v) is 5.44. The third kappa shape index (κ3) is 2.42. The standard InChI is InChI=1S/C16H26/c1-3-8-13(4-2)15-12-7-10-14-9-5-6-11-16(14)15/h6,11,13-14H,3-5,7-10,12H2,1-2H3. The van der Waals surface area contributed by atoms with Crippen molar-refractivity contribution in [3.05, 3.63) is 23.3 Å². The van der Waals surface area contributed by atoms with Crippen LogP contribution in [0, 0.1) is 11.8 Å². The zero-order chi connectivity index (χ0) is 11.4. The Kier molecular flexibility index (Phi) is 4.26. The minimum absolute atomic E-state index is 0.880. The lowest BCUT2D eigenvalue weighted by Crippen LogP contribution is -2.18. The Hall–Kier alpha value is -0.520. The molecule has 0 bridgehead atoms. The molecule has 0 spiro atoms. The summed E-state index contributed by atoms with van der Waals surface area (Å²) in [7, 11) is 0. The highest BCUT2D eigenvalue weighted by atomic mass is 14.3. The lowest BCUT2D eigenvalue weighted by atomic mass is 9.73. The van der Waals surface area contributed by atoms with Crippen LogP contribution in [0.1, 0.15) is 65.2 Å². The van der Waals surface area contributed by atoms with Gasteiger partial charge in [0.05, 0.1) is 0 Å². The van der Waals surface area contributed by atoms with Crippen molar-refractivity contribution in [3.8, 4) is 0 Å². The van der Waals surface area contributed by atoms with Crippen molar-refractivity contribution < 1.29 is 0 Å². The summed E-state index contributed by atoms with van der Waals surface area (Å²) in [5, 5.41) is 0. The van der Waals surface area contributed by atoms with E-state index in [1.165, 1.54) is 51.4 Å². The zero-order valence-electron chi connectivity index (χ0n) is 11.0. The summed E-state index contributed by atoms with van der Waals surface area (Å²) in [5.41, 5.74) is 3.58. The Balaban J connectivity index is 2.24. The van der Waals surface area contributed by atoms with Gasteiger partial charge in [0.25, 0.3) is 0 Å². The highest BCUT2D eigenvalue weighted by Crippen LogP contribution is 2.41. The summed E-state index contributed by atoms with van der Waals surface area (Å²) in [5.74, 6) is 1.80. The molecule has 0 aromatic heterocycles. The van der Waals surface area contributed by atoms with Gasteiger partial charge in [0.2, 0.25) is 0 Å². The van der Waals surface area contributed by atoms with E-state index < -0.39 is 0 Å². The molecule has 90 valence electrons. The van der Waals surface area contributed by atoms with Gasteiger partial charge in [-0.05, 0) is 62.4 Å². The van der Waals surface area contributed by atoms with E-state index in [1.54, 1.807) is 5.57 Å². The first-order valence-electron chi connectivity index (χ1n) is 7.26. The summed E-state index contributed by atoms with van der Waals surface area (Å²) >= 11 is 0. The van der Waals surface area contributed by atoms with Crippen LogP contribution in [-0.4, -0.2) is 0 Å². The molecule has 0 saturated carbocycles. The van der Waals surface area contributed by atoms with E-state index in [4.69, 9.17) is 0 Å². The van der Waals surface area contributed by atoms with Crippen LogP contribution in [0.15, 0.2) is 23.3 Å². The minimum Gasteiger partial charge on any atom is -0.0842 e. The van der Waals surface area contributed by atoms with E-state index in [0.717, 1.165) is 11.8 Å². The number of hydrogen-bond acceptors (Lipinski definition) is 0. The highest BCUT2D eigenvalue weighted by Gasteiger charge is 2.25. The predicted molar refractivity (Wildman–Crippen MR) is 71.4 cm³/mol. The normalized spacial score (nSPS) is 26.8. The second-order valence-electron chi connectivity index (χ2n) is 5.44. The molecule has 2 atom stereocenters. The molecule has 0 aliphatic heterocycles. The van der Waals surface area contributed by atoms with Crippen LogP contribution in [0.5, 0.6) is 0 Å². The van der Waals surface area contributed by atoms with Crippen molar-refractivity contribution in [1.82, 2.24) is 0 Å². The monoisotopic (exact) mass is 218 g/mol. The lowest BCUT2D eigenvalue weighted by molar-refractivity contribution is 0.422. The zero-order valence-corrected chi connectivity index (χ0v) is 11.0. The fourth-order valence-corrected chi connectivity index (χ4v) is 3.56. The SMILES string of the molecule is CCCC(CC)C1=C2C=CCCC2CCC1. The van der Waals surface area contributed by atoms with Gasteiger partial charge in [-0.25, -0.2) is 0 Å². The summed E-state index contributed by atoms with van der Waals surface area (Å²) < 4.78 is 0. The molecule has 0 heteroatoms. The molecule has 0 aromatic rings. The van der Waals surface area contributed by atoms with Gasteiger partial charge in [-0.1, -0.05) is 38.0 Å². The predicted octanol–water partition coefficient (Wildman–Crippen LogP) is 5.26. The largest absolute Gasteiger partial charge is 0.0842 e. The van der Waals surface area contributed by atoms with E-state index >= 15 is 0 Å². The fraction of sp³-hybridized carbons (Fsp3) is 0.750. The van der Waals surface area contributed by atoms with Gasteiger partial charge in [0.1, 0.15) is 0 Å². The van der Waals surface area contributed by atoms with Crippen molar-refractivity contribution in [2.75, 3.05) is 0 Å². The maximum Gasteiger partial charge on any atom is -0.0159 e. The molecular weight excluding hydrogens is 192 g/mol. The Morgan fingerprint density at radius 2 is 2.19 bits per heavy atom. The van der Waals surface area contributed by atoms with Crippen LogP contribution < -0.4 is 0 Å². The topological polar surface area (TPSA) is 0 Å². The van der Waals surface area contributed by atoms with Crippen LogP contribution in [0.3, 0.4) is 0 Å². The Morgan fingerprint density at radius 1 is 1.31 bits per heavy atom. The highest BCUT2D eigenvalue weighted by molar-refractivity contribution is 5.33. The Bertz CT molecular complexity index is 282. The van der Waals surface area contributed by atoms with Gasteiger partial charge in [0, 0.05) is 0 Å². The Labute approximate surface area is 101 Å². The first kappa shape index (κ1) is 12.0. The molecule has 2 rings (SSSR count). The molecule has 16 heavy (non-hydrogen) atoms. The lowest BCUT2D eigenvalue weighted by Gasteiger charge is -2.33. The van der Waals surface area contributed by atoms with E-state index in [0.29, 0.717) is 0 Å². The average Bonchev–Trinajstić information content (AvgIpc) is 2.35. The van der Waals surface area contributed by atoms with E-state index in [-0.39, 0.29) is 0 Å². The molecule has 0 radical (unpaired) electrons. The maximum atomic E-state index is 2.46. The van der Waals surface area contributed by atoms with Gasteiger partial charge in [-0.3, -0.25) is 0 Å². The molecule has 2 aliphatic carbocycles. The summed E-state index contributed by atoms with van der Waals surface area (Å²) in [6.07, 6.45) is 15.9. The number of allylic oxidation sites excluding steroid dienone is 4.